The normalized spacial score (nSPS) is 16.7. The molecule has 162 valence electrons. The number of nitrogens with two attached hydrogens (primary N) is 1. The predicted octanol–water partition coefficient (Wildman–Crippen LogP) is 3.02. The van der Waals surface area contributed by atoms with Crippen molar-refractivity contribution < 1.29 is 27.9 Å². The molecule has 0 unspecified atom stereocenters. The number of nitrogens with zero attached hydrogens (tertiary/aromatic N) is 1. The van der Waals surface area contributed by atoms with E-state index < -0.39 is 29.2 Å². The monoisotopic (exact) mass is 429 g/mol. The molecule has 2 heterocycles. The fourth-order valence-corrected chi connectivity index (χ4v) is 3.96. The van der Waals surface area contributed by atoms with E-state index in [2.05, 4.69) is 10.2 Å². The van der Waals surface area contributed by atoms with Crippen LogP contribution in [0.2, 0.25) is 0 Å². The number of benzene rings is 2. The average Bonchev–Trinajstić information content (AvgIpc) is 3.33. The number of carbonyl (C=O) groups is 2. The fraction of sp³-hybridized carbons (Fsp3) is 0.273. The molecule has 3 aromatic rings. The number of rotatable bonds is 6. The molecule has 1 saturated heterocycles. The molecule has 0 spiro atoms. The molecular weight excluding hydrogens is 408 g/mol. The summed E-state index contributed by atoms with van der Waals surface area (Å²) in [6.45, 7) is 1.52. The second-order valence-electron chi connectivity index (χ2n) is 7.54. The standard InChI is InChI=1S/C22H21F2N3O4/c23-14-8-16-18(20(21(25)29)31-19(16)17(24)9-14)26-22(30)13-4-1-3-12(7-13)10-27-6-2-5-15(27)11-28/h1,3-4,7-9,15,28H,2,5-6,10-11H2,(H2,25,29)(H,26,30)/t15-/m0/s1. The minimum absolute atomic E-state index is 0.0801. The molecule has 1 aliphatic rings. The van der Waals surface area contributed by atoms with Crippen molar-refractivity contribution in [1.82, 2.24) is 4.90 Å². The second-order valence-corrected chi connectivity index (χ2v) is 7.54. The highest BCUT2D eigenvalue weighted by Crippen LogP contribution is 2.33. The van der Waals surface area contributed by atoms with Gasteiger partial charge in [-0.25, -0.2) is 8.78 Å². The molecule has 0 radical (unpaired) electrons. The SMILES string of the molecule is NC(=O)c1oc2c(F)cc(F)cc2c1NC(=O)c1cccc(CN2CCC[C@H]2CO)c1. The third-order valence-corrected chi connectivity index (χ3v) is 5.46. The van der Waals surface area contributed by atoms with Crippen molar-refractivity contribution in [2.45, 2.75) is 25.4 Å². The predicted molar refractivity (Wildman–Crippen MR) is 110 cm³/mol. The maximum Gasteiger partial charge on any atom is 0.286 e. The molecule has 1 aliphatic heterocycles. The van der Waals surface area contributed by atoms with Crippen molar-refractivity contribution >= 4 is 28.5 Å². The number of likely N-dealkylation sites (tertiary alicyclic amines) is 1. The summed E-state index contributed by atoms with van der Waals surface area (Å²) < 4.78 is 32.9. The lowest BCUT2D eigenvalue weighted by atomic mass is 10.1. The molecule has 4 rings (SSSR count). The van der Waals surface area contributed by atoms with Gasteiger partial charge < -0.3 is 20.6 Å². The summed E-state index contributed by atoms with van der Waals surface area (Å²) >= 11 is 0. The number of aliphatic hydroxyl groups is 1. The van der Waals surface area contributed by atoms with Crippen LogP contribution in [-0.4, -0.2) is 41.0 Å². The van der Waals surface area contributed by atoms with Crippen LogP contribution < -0.4 is 11.1 Å². The molecule has 9 heteroatoms. The molecule has 2 amide bonds. The van der Waals surface area contributed by atoms with Crippen LogP contribution in [0.15, 0.2) is 40.8 Å². The van der Waals surface area contributed by atoms with E-state index >= 15 is 0 Å². The van der Waals surface area contributed by atoms with Crippen LogP contribution in [0.4, 0.5) is 14.5 Å². The third kappa shape index (κ3) is 4.14. The Bertz CT molecular complexity index is 1160. The van der Waals surface area contributed by atoms with Crippen molar-refractivity contribution in [3.05, 3.63) is 64.9 Å². The average molecular weight is 429 g/mol. The number of amides is 2. The van der Waals surface area contributed by atoms with Crippen molar-refractivity contribution in [3.63, 3.8) is 0 Å². The van der Waals surface area contributed by atoms with Crippen LogP contribution in [0.25, 0.3) is 11.0 Å². The van der Waals surface area contributed by atoms with Gasteiger partial charge in [-0.15, -0.1) is 0 Å². The van der Waals surface area contributed by atoms with E-state index in [0.29, 0.717) is 18.2 Å². The Hall–Kier alpha value is -3.30. The molecule has 0 bridgehead atoms. The lowest BCUT2D eigenvalue weighted by Crippen LogP contribution is -2.31. The first-order chi connectivity index (χ1) is 14.9. The van der Waals surface area contributed by atoms with Crippen LogP contribution in [0.1, 0.15) is 39.3 Å². The molecule has 1 atom stereocenters. The van der Waals surface area contributed by atoms with Gasteiger partial charge in [0.25, 0.3) is 11.8 Å². The number of hydrogen-bond donors (Lipinski definition) is 3. The number of aliphatic hydroxyl groups excluding tert-OH is 1. The Labute approximate surface area is 176 Å². The van der Waals surface area contributed by atoms with Gasteiger partial charge in [0, 0.05) is 24.2 Å². The number of halogens is 2. The summed E-state index contributed by atoms with van der Waals surface area (Å²) in [7, 11) is 0. The number of furan rings is 1. The highest BCUT2D eigenvalue weighted by molar-refractivity contribution is 6.14. The summed E-state index contributed by atoms with van der Waals surface area (Å²) in [5.41, 5.74) is 5.90. The van der Waals surface area contributed by atoms with E-state index in [1.807, 2.05) is 6.07 Å². The smallest absolute Gasteiger partial charge is 0.286 e. The molecular formula is C22H21F2N3O4. The van der Waals surface area contributed by atoms with Crippen molar-refractivity contribution in [2.75, 3.05) is 18.5 Å². The first-order valence-corrected chi connectivity index (χ1v) is 9.84. The van der Waals surface area contributed by atoms with Crippen LogP contribution in [0, 0.1) is 11.6 Å². The molecule has 0 saturated carbocycles. The van der Waals surface area contributed by atoms with Crippen molar-refractivity contribution in [3.8, 4) is 0 Å². The maximum absolute atomic E-state index is 14.1. The number of hydrogen-bond acceptors (Lipinski definition) is 5. The molecule has 0 aliphatic carbocycles. The van der Waals surface area contributed by atoms with E-state index in [4.69, 9.17) is 10.2 Å². The van der Waals surface area contributed by atoms with Crippen LogP contribution in [0.5, 0.6) is 0 Å². The zero-order valence-electron chi connectivity index (χ0n) is 16.5. The zero-order chi connectivity index (χ0) is 22.1. The molecule has 1 aromatic heterocycles. The Morgan fingerprint density at radius 3 is 2.81 bits per heavy atom. The lowest BCUT2D eigenvalue weighted by molar-refractivity contribution is 0.0977. The summed E-state index contributed by atoms with van der Waals surface area (Å²) in [6, 6.07) is 8.53. The van der Waals surface area contributed by atoms with Crippen LogP contribution in [0.3, 0.4) is 0 Å². The highest BCUT2D eigenvalue weighted by atomic mass is 19.1. The van der Waals surface area contributed by atoms with Gasteiger partial charge in [0.1, 0.15) is 11.5 Å². The minimum atomic E-state index is -1.02. The van der Waals surface area contributed by atoms with Gasteiger partial charge in [0.15, 0.2) is 11.4 Å². The minimum Gasteiger partial charge on any atom is -0.446 e. The molecule has 31 heavy (non-hydrogen) atoms. The quantitative estimate of drug-likeness (QED) is 0.558. The first-order valence-electron chi connectivity index (χ1n) is 9.84. The summed E-state index contributed by atoms with van der Waals surface area (Å²) in [5.74, 6) is -3.97. The topological polar surface area (TPSA) is 109 Å². The Balaban J connectivity index is 1.62. The molecule has 4 N–H and O–H groups in total. The lowest BCUT2D eigenvalue weighted by Gasteiger charge is -2.22. The van der Waals surface area contributed by atoms with Gasteiger partial charge in [-0.2, -0.15) is 0 Å². The van der Waals surface area contributed by atoms with Crippen molar-refractivity contribution in [2.24, 2.45) is 5.73 Å². The molecule has 7 nitrogen and oxygen atoms in total. The zero-order valence-corrected chi connectivity index (χ0v) is 16.5. The highest BCUT2D eigenvalue weighted by Gasteiger charge is 2.25. The summed E-state index contributed by atoms with van der Waals surface area (Å²) in [5, 5.41) is 11.9. The van der Waals surface area contributed by atoms with Gasteiger partial charge in [0.05, 0.1) is 12.0 Å². The number of anilines is 1. The van der Waals surface area contributed by atoms with Gasteiger partial charge in [-0.05, 0) is 43.1 Å². The fourth-order valence-electron chi connectivity index (χ4n) is 3.96. The second kappa shape index (κ2) is 8.44. The van der Waals surface area contributed by atoms with Gasteiger partial charge in [-0.1, -0.05) is 12.1 Å². The van der Waals surface area contributed by atoms with Gasteiger partial charge in [-0.3, -0.25) is 14.5 Å². The van der Waals surface area contributed by atoms with E-state index in [1.165, 1.54) is 0 Å². The third-order valence-electron chi connectivity index (χ3n) is 5.46. The largest absolute Gasteiger partial charge is 0.446 e. The van der Waals surface area contributed by atoms with Crippen LogP contribution >= 0.6 is 0 Å². The van der Waals surface area contributed by atoms with E-state index in [1.54, 1.807) is 18.2 Å². The molecule has 1 fully saturated rings. The number of nitrogens with one attached hydrogen (secondary N) is 1. The Morgan fingerprint density at radius 2 is 2.06 bits per heavy atom. The molecule has 2 aromatic carbocycles. The van der Waals surface area contributed by atoms with Crippen LogP contribution in [-0.2, 0) is 6.54 Å². The van der Waals surface area contributed by atoms with E-state index in [0.717, 1.165) is 31.0 Å². The number of fused-ring (bicyclic) bond motifs is 1. The summed E-state index contributed by atoms with van der Waals surface area (Å²) in [6.07, 6.45) is 1.93. The van der Waals surface area contributed by atoms with E-state index in [-0.39, 0.29) is 29.3 Å². The number of carbonyl (C=O) groups excluding carboxylic acids is 2. The van der Waals surface area contributed by atoms with Crippen molar-refractivity contribution in [1.29, 1.82) is 0 Å². The maximum atomic E-state index is 14.1. The Morgan fingerprint density at radius 1 is 1.26 bits per heavy atom. The number of primary amides is 1. The first kappa shape index (κ1) is 21.0. The van der Waals surface area contributed by atoms with E-state index in [9.17, 15) is 23.5 Å². The summed E-state index contributed by atoms with van der Waals surface area (Å²) in [4.78, 5) is 26.8. The van der Waals surface area contributed by atoms with Gasteiger partial charge in [0.2, 0.25) is 5.76 Å². The Kier molecular flexibility index (Phi) is 5.71. The van der Waals surface area contributed by atoms with Gasteiger partial charge >= 0.3 is 0 Å².